The maximum atomic E-state index is 12.6. The van der Waals surface area contributed by atoms with E-state index in [1.165, 1.54) is 0 Å². The number of halogens is 1. The highest BCUT2D eigenvalue weighted by Crippen LogP contribution is 2.25. The van der Waals surface area contributed by atoms with Gasteiger partial charge < -0.3 is 16.0 Å². The summed E-state index contributed by atoms with van der Waals surface area (Å²) < 4.78 is 1.76. The molecule has 1 fully saturated rings. The maximum absolute atomic E-state index is 12.6. The fourth-order valence-electron chi connectivity index (χ4n) is 2.99. The molecule has 2 aromatic heterocycles. The third kappa shape index (κ3) is 3.21. The molecule has 0 unspecified atom stereocenters. The van der Waals surface area contributed by atoms with Crippen LogP contribution in [0, 0.1) is 0 Å². The van der Waals surface area contributed by atoms with Gasteiger partial charge in [-0.15, -0.1) is 0 Å². The summed E-state index contributed by atoms with van der Waals surface area (Å²) in [7, 11) is 0. The van der Waals surface area contributed by atoms with Crippen molar-refractivity contribution in [1.29, 1.82) is 0 Å². The van der Waals surface area contributed by atoms with E-state index in [1.54, 1.807) is 22.8 Å². The molecule has 1 aliphatic heterocycles. The summed E-state index contributed by atoms with van der Waals surface area (Å²) in [5, 5.41) is 13.0. The average Bonchev–Trinajstić information content (AvgIpc) is 3.28. The van der Waals surface area contributed by atoms with Crippen molar-refractivity contribution in [2.45, 2.75) is 12.1 Å². The first-order valence-electron chi connectivity index (χ1n) is 8.14. The number of pyridine rings is 1. The highest BCUT2D eigenvalue weighted by Gasteiger charge is 2.29. The molecule has 2 atom stereocenters. The topological polar surface area (TPSA) is 87.5 Å². The average molecular weight is 370 g/mol. The minimum absolute atomic E-state index is 0.253. The van der Waals surface area contributed by atoms with Crippen molar-refractivity contribution in [3.05, 3.63) is 71.0 Å². The summed E-state index contributed by atoms with van der Waals surface area (Å²) in [4.78, 5) is 23.9. The molecule has 0 spiro atoms. The van der Waals surface area contributed by atoms with E-state index in [0.29, 0.717) is 5.02 Å². The molecule has 8 heteroatoms. The Morgan fingerprint density at radius 2 is 2.04 bits per heavy atom. The Hall–Kier alpha value is -3.06. The number of nitrogens with zero attached hydrogens (tertiary/aromatic N) is 2. The first kappa shape index (κ1) is 16.4. The first-order chi connectivity index (χ1) is 12.6. The van der Waals surface area contributed by atoms with E-state index in [9.17, 15) is 9.59 Å². The minimum Gasteiger partial charge on any atom is -0.343 e. The van der Waals surface area contributed by atoms with Crippen molar-refractivity contribution in [3.8, 4) is 0 Å². The fraction of sp³-hybridized carbons (Fsp3) is 0.167. The molecule has 132 valence electrons. The lowest BCUT2D eigenvalue weighted by molar-refractivity contribution is -0.122. The van der Waals surface area contributed by atoms with Crippen LogP contribution in [0.1, 0.15) is 17.2 Å². The number of carbonyl (C=O) groups excluding carboxylic acids is 2. The summed E-state index contributed by atoms with van der Waals surface area (Å²) in [6, 6.07) is 11.8. The third-order valence-corrected chi connectivity index (χ3v) is 4.59. The van der Waals surface area contributed by atoms with Crippen molar-refractivity contribution in [1.82, 2.24) is 25.6 Å². The van der Waals surface area contributed by atoms with Gasteiger partial charge in [-0.05, 0) is 41.5 Å². The van der Waals surface area contributed by atoms with Gasteiger partial charge in [-0.3, -0.25) is 4.79 Å². The molecule has 1 aromatic carbocycles. The molecule has 1 saturated heterocycles. The molecule has 0 bridgehead atoms. The van der Waals surface area contributed by atoms with Gasteiger partial charge in [0.2, 0.25) is 5.91 Å². The zero-order valence-corrected chi connectivity index (χ0v) is 14.4. The largest absolute Gasteiger partial charge is 0.343 e. The van der Waals surface area contributed by atoms with Crippen LogP contribution >= 0.6 is 11.6 Å². The Labute approximate surface area is 154 Å². The van der Waals surface area contributed by atoms with E-state index in [-0.39, 0.29) is 24.5 Å². The molecule has 0 aliphatic carbocycles. The Morgan fingerprint density at radius 1 is 1.23 bits per heavy atom. The molecule has 3 heterocycles. The van der Waals surface area contributed by atoms with Crippen molar-refractivity contribution in [3.63, 3.8) is 0 Å². The lowest BCUT2D eigenvalue weighted by Gasteiger charge is -2.22. The molecular weight excluding hydrogens is 354 g/mol. The lowest BCUT2D eigenvalue weighted by atomic mass is 9.98. The zero-order chi connectivity index (χ0) is 18.1. The predicted octanol–water partition coefficient (Wildman–Crippen LogP) is 1.87. The number of hydrogen-bond acceptors (Lipinski definition) is 3. The van der Waals surface area contributed by atoms with Gasteiger partial charge in [0.1, 0.15) is 6.04 Å². The van der Waals surface area contributed by atoms with Crippen molar-refractivity contribution >= 4 is 29.1 Å². The van der Waals surface area contributed by atoms with Crippen LogP contribution < -0.4 is 16.0 Å². The molecule has 3 amide bonds. The van der Waals surface area contributed by atoms with Crippen LogP contribution in [-0.4, -0.2) is 34.1 Å². The van der Waals surface area contributed by atoms with Gasteiger partial charge in [-0.25, -0.2) is 9.31 Å². The second-order valence-electron chi connectivity index (χ2n) is 6.06. The summed E-state index contributed by atoms with van der Waals surface area (Å²) >= 11 is 6.00. The zero-order valence-electron chi connectivity index (χ0n) is 13.6. The number of nitrogens with one attached hydrogen (secondary N) is 3. The van der Waals surface area contributed by atoms with Crippen LogP contribution in [0.4, 0.5) is 4.79 Å². The van der Waals surface area contributed by atoms with E-state index in [1.807, 2.05) is 36.5 Å². The van der Waals surface area contributed by atoms with E-state index in [0.717, 1.165) is 16.6 Å². The van der Waals surface area contributed by atoms with Crippen molar-refractivity contribution < 1.29 is 9.59 Å². The van der Waals surface area contributed by atoms with E-state index in [4.69, 9.17) is 11.6 Å². The normalized spacial score (nSPS) is 17.6. The smallest absolute Gasteiger partial charge is 0.315 e. The number of urea groups is 1. The fourth-order valence-corrected chi connectivity index (χ4v) is 3.11. The van der Waals surface area contributed by atoms with Gasteiger partial charge in [0.05, 0.1) is 11.6 Å². The standard InChI is InChI=1S/C18H16ClN5O2/c19-13-3-1-11(2-4-13)16(23-17(25)15-10-20-18(26)22-15)12-6-8-24-14(9-12)5-7-21-24/h1-9,15-16H,10H2,(H,23,25)(H2,20,22,26)/t15-,16-/m0/s1. The highest BCUT2D eigenvalue weighted by atomic mass is 35.5. The maximum Gasteiger partial charge on any atom is 0.315 e. The SMILES string of the molecule is O=C1NC[C@@H](C(=O)N[C@@H](c2ccc(Cl)cc2)c2ccn3nccc3c2)N1. The molecule has 26 heavy (non-hydrogen) atoms. The van der Waals surface area contributed by atoms with Gasteiger partial charge in [-0.1, -0.05) is 23.7 Å². The molecule has 0 radical (unpaired) electrons. The number of rotatable bonds is 4. The van der Waals surface area contributed by atoms with Gasteiger partial charge >= 0.3 is 6.03 Å². The first-order valence-corrected chi connectivity index (χ1v) is 8.51. The van der Waals surface area contributed by atoms with E-state index < -0.39 is 6.04 Å². The molecule has 3 N–H and O–H groups in total. The van der Waals surface area contributed by atoms with Gasteiger partial charge in [0, 0.05) is 24.0 Å². The second-order valence-corrected chi connectivity index (χ2v) is 6.50. The molecule has 4 rings (SSSR count). The minimum atomic E-state index is -0.601. The lowest BCUT2D eigenvalue weighted by Crippen LogP contribution is -2.44. The van der Waals surface area contributed by atoms with Crippen LogP contribution in [0.5, 0.6) is 0 Å². The quantitative estimate of drug-likeness (QED) is 0.656. The van der Waals surface area contributed by atoms with E-state index in [2.05, 4.69) is 21.0 Å². The number of benzene rings is 1. The molecule has 1 aliphatic rings. The Bertz CT molecular complexity index is 969. The van der Waals surface area contributed by atoms with E-state index >= 15 is 0 Å². The number of aromatic nitrogens is 2. The van der Waals surface area contributed by atoms with Crippen LogP contribution in [0.2, 0.25) is 5.02 Å². The van der Waals surface area contributed by atoms with Gasteiger partial charge in [-0.2, -0.15) is 5.10 Å². The summed E-state index contributed by atoms with van der Waals surface area (Å²) in [5.41, 5.74) is 2.72. The Morgan fingerprint density at radius 3 is 2.77 bits per heavy atom. The number of carbonyl (C=O) groups is 2. The van der Waals surface area contributed by atoms with Crippen LogP contribution in [0.3, 0.4) is 0 Å². The number of amides is 3. The summed E-state index contributed by atoms with van der Waals surface area (Å²) in [5.74, 6) is -0.253. The number of hydrogen-bond donors (Lipinski definition) is 3. The molecule has 0 saturated carbocycles. The molecule has 7 nitrogen and oxygen atoms in total. The predicted molar refractivity (Wildman–Crippen MR) is 97.0 cm³/mol. The monoisotopic (exact) mass is 369 g/mol. The van der Waals surface area contributed by atoms with Crippen LogP contribution in [0.15, 0.2) is 54.9 Å². The number of fused-ring (bicyclic) bond motifs is 1. The van der Waals surface area contributed by atoms with Gasteiger partial charge in [0.25, 0.3) is 0 Å². The summed E-state index contributed by atoms with van der Waals surface area (Å²) in [6.45, 7) is 0.264. The van der Waals surface area contributed by atoms with Crippen molar-refractivity contribution in [2.75, 3.05) is 6.54 Å². The van der Waals surface area contributed by atoms with Crippen LogP contribution in [-0.2, 0) is 4.79 Å². The Kier molecular flexibility index (Phi) is 4.22. The Balaban J connectivity index is 1.67. The van der Waals surface area contributed by atoms with Crippen LogP contribution in [0.25, 0.3) is 5.52 Å². The van der Waals surface area contributed by atoms with Gasteiger partial charge in [0.15, 0.2) is 0 Å². The second kappa shape index (κ2) is 6.68. The van der Waals surface area contributed by atoms with Crippen molar-refractivity contribution in [2.24, 2.45) is 0 Å². The molecule has 3 aromatic rings. The third-order valence-electron chi connectivity index (χ3n) is 4.34. The molecular formula is C18H16ClN5O2. The summed E-state index contributed by atoms with van der Waals surface area (Å²) in [6.07, 6.45) is 3.56. The highest BCUT2D eigenvalue weighted by molar-refractivity contribution is 6.30.